The molecule has 1 aliphatic rings. The van der Waals surface area contributed by atoms with E-state index >= 15 is 0 Å². The number of carbonyl (C=O) groups is 2. The van der Waals surface area contributed by atoms with E-state index in [1.165, 1.54) is 10.8 Å². The summed E-state index contributed by atoms with van der Waals surface area (Å²) in [4.78, 5) is 53.1. The van der Waals surface area contributed by atoms with Crippen LogP contribution in [-0.2, 0) is 22.7 Å². The van der Waals surface area contributed by atoms with Crippen LogP contribution in [0.5, 0.6) is 0 Å². The van der Waals surface area contributed by atoms with Crippen LogP contribution in [0.2, 0.25) is 0 Å². The van der Waals surface area contributed by atoms with Gasteiger partial charge in [0.2, 0.25) is 11.8 Å². The molecule has 0 aliphatic carbocycles. The first-order chi connectivity index (χ1) is 17.9. The van der Waals surface area contributed by atoms with Gasteiger partial charge in [0.25, 0.3) is 0 Å². The van der Waals surface area contributed by atoms with E-state index in [1.54, 1.807) is 23.4 Å². The van der Waals surface area contributed by atoms with Gasteiger partial charge in [0.05, 0.1) is 0 Å². The molecule has 2 amide bonds. The Morgan fingerprint density at radius 2 is 1.68 bits per heavy atom. The highest BCUT2D eigenvalue weighted by Gasteiger charge is 2.24. The number of aromatic nitrogens is 3. The Hall–Kier alpha value is -4.01. The largest absolute Gasteiger partial charge is 0.355 e. The van der Waals surface area contributed by atoms with E-state index in [4.69, 9.17) is 0 Å². The van der Waals surface area contributed by atoms with Crippen molar-refractivity contribution in [3.63, 3.8) is 0 Å². The molecule has 3 aromatic rings. The zero-order valence-corrected chi connectivity index (χ0v) is 21.5. The molecule has 9 heteroatoms. The van der Waals surface area contributed by atoms with Crippen molar-refractivity contribution in [1.82, 2.24) is 19.4 Å². The van der Waals surface area contributed by atoms with Crippen molar-refractivity contribution in [3.05, 3.63) is 83.2 Å². The predicted octanol–water partition coefficient (Wildman–Crippen LogP) is 2.96. The van der Waals surface area contributed by atoms with Gasteiger partial charge in [-0.15, -0.1) is 0 Å². The van der Waals surface area contributed by atoms with Crippen LogP contribution in [0.1, 0.15) is 32.3 Å². The van der Waals surface area contributed by atoms with Gasteiger partial charge in [0.15, 0.2) is 0 Å². The van der Waals surface area contributed by atoms with Crippen molar-refractivity contribution in [2.45, 2.75) is 39.8 Å². The van der Waals surface area contributed by atoms with Crippen LogP contribution in [0.25, 0.3) is 0 Å². The second kappa shape index (κ2) is 12.3. The van der Waals surface area contributed by atoms with Gasteiger partial charge in [-0.05, 0) is 42.2 Å². The van der Waals surface area contributed by atoms with Crippen molar-refractivity contribution < 1.29 is 9.59 Å². The highest BCUT2D eigenvalue weighted by Crippen LogP contribution is 2.25. The lowest BCUT2D eigenvalue weighted by atomic mass is 10.1. The van der Waals surface area contributed by atoms with E-state index in [0.29, 0.717) is 39.1 Å². The first-order valence-electron chi connectivity index (χ1n) is 12.8. The number of hydrogen-bond acceptors (Lipinski definition) is 6. The minimum absolute atomic E-state index is 0.0749. The molecule has 2 aromatic heterocycles. The average molecular weight is 503 g/mol. The normalized spacial score (nSPS) is 14.7. The fourth-order valence-electron chi connectivity index (χ4n) is 4.54. The molecular weight excluding hydrogens is 468 g/mol. The first-order valence-corrected chi connectivity index (χ1v) is 12.8. The highest BCUT2D eigenvalue weighted by atomic mass is 16.2. The smallest absolute Gasteiger partial charge is 0.347 e. The predicted molar refractivity (Wildman–Crippen MR) is 143 cm³/mol. The molecule has 0 spiro atoms. The molecule has 0 saturated carbocycles. The van der Waals surface area contributed by atoms with E-state index in [-0.39, 0.29) is 24.3 Å². The monoisotopic (exact) mass is 502 g/mol. The standard InChI is InChI=1S/C28H34N6O3/c1-22(2)19-26(35)34-16-8-15-31(25-11-5-6-12-29-25)17-18-32(20-23-9-3-4-10-24(23)34)27(36)21-33-14-7-13-30-28(33)37/h3-7,9-14,22H,8,15-21H2,1-2H3. The minimum Gasteiger partial charge on any atom is -0.355 e. The number of carbonyl (C=O) groups excluding carboxylic acids is 2. The molecule has 0 N–H and O–H groups in total. The van der Waals surface area contributed by atoms with Crippen LogP contribution >= 0.6 is 0 Å². The Morgan fingerprint density at radius 3 is 2.43 bits per heavy atom. The number of hydrogen-bond donors (Lipinski definition) is 0. The zero-order valence-electron chi connectivity index (χ0n) is 21.5. The Kier molecular flexibility index (Phi) is 8.66. The summed E-state index contributed by atoms with van der Waals surface area (Å²) in [5.41, 5.74) is 1.27. The molecule has 0 unspecified atom stereocenters. The molecular formula is C28H34N6O3. The molecule has 1 aliphatic heterocycles. The lowest BCUT2D eigenvalue weighted by Gasteiger charge is -2.29. The van der Waals surface area contributed by atoms with Gasteiger partial charge in [-0.2, -0.15) is 0 Å². The number of pyridine rings is 1. The molecule has 3 heterocycles. The summed E-state index contributed by atoms with van der Waals surface area (Å²) < 4.78 is 1.31. The molecule has 0 fully saturated rings. The van der Waals surface area contributed by atoms with Gasteiger partial charge >= 0.3 is 5.69 Å². The molecule has 0 radical (unpaired) electrons. The minimum atomic E-state index is -0.463. The van der Waals surface area contributed by atoms with Gasteiger partial charge in [-0.1, -0.05) is 38.1 Å². The molecule has 37 heavy (non-hydrogen) atoms. The third-order valence-electron chi connectivity index (χ3n) is 6.39. The number of nitrogens with zero attached hydrogens (tertiary/aromatic N) is 6. The van der Waals surface area contributed by atoms with Gasteiger partial charge in [-0.3, -0.25) is 14.2 Å². The number of fused-ring (bicyclic) bond motifs is 1. The molecule has 194 valence electrons. The van der Waals surface area contributed by atoms with Crippen LogP contribution in [0.3, 0.4) is 0 Å². The molecule has 4 rings (SSSR count). The fraction of sp³-hybridized carbons (Fsp3) is 0.393. The van der Waals surface area contributed by atoms with Crippen LogP contribution in [-0.4, -0.2) is 57.4 Å². The highest BCUT2D eigenvalue weighted by molar-refractivity contribution is 5.94. The topological polar surface area (TPSA) is 91.6 Å². The van der Waals surface area contributed by atoms with Crippen molar-refractivity contribution in [1.29, 1.82) is 0 Å². The maximum absolute atomic E-state index is 13.5. The number of anilines is 2. The van der Waals surface area contributed by atoms with E-state index in [1.807, 2.05) is 61.2 Å². The lowest BCUT2D eigenvalue weighted by Crippen LogP contribution is -2.41. The van der Waals surface area contributed by atoms with Crippen LogP contribution in [0.4, 0.5) is 11.5 Å². The number of rotatable bonds is 5. The summed E-state index contributed by atoms with van der Waals surface area (Å²) in [6.07, 6.45) is 5.95. The van der Waals surface area contributed by atoms with Gasteiger partial charge in [0, 0.05) is 63.4 Å². The maximum atomic E-state index is 13.5. The van der Waals surface area contributed by atoms with E-state index in [2.05, 4.69) is 14.9 Å². The van der Waals surface area contributed by atoms with E-state index in [0.717, 1.165) is 23.5 Å². The maximum Gasteiger partial charge on any atom is 0.347 e. The van der Waals surface area contributed by atoms with Crippen molar-refractivity contribution in [3.8, 4) is 0 Å². The second-order valence-corrected chi connectivity index (χ2v) is 9.65. The quantitative estimate of drug-likeness (QED) is 0.533. The molecule has 9 nitrogen and oxygen atoms in total. The Bertz CT molecular complexity index is 1260. The summed E-state index contributed by atoms with van der Waals surface area (Å²) in [5.74, 6) is 0.949. The summed E-state index contributed by atoms with van der Waals surface area (Å²) in [6.45, 7) is 6.59. The van der Waals surface area contributed by atoms with Crippen LogP contribution in [0, 0.1) is 5.92 Å². The average Bonchev–Trinajstić information content (AvgIpc) is 2.92. The number of benzene rings is 1. The first kappa shape index (κ1) is 26.1. The van der Waals surface area contributed by atoms with Crippen LogP contribution in [0.15, 0.2) is 71.9 Å². The molecule has 0 saturated heterocycles. The van der Waals surface area contributed by atoms with E-state index in [9.17, 15) is 14.4 Å². The number of para-hydroxylation sites is 1. The van der Waals surface area contributed by atoms with Crippen molar-refractivity contribution in [2.24, 2.45) is 5.92 Å². The SMILES string of the molecule is CC(C)CC(=O)N1CCCN(c2ccccn2)CCN(C(=O)Cn2cccnc2=O)Cc2ccccc21. The second-order valence-electron chi connectivity index (χ2n) is 9.65. The summed E-state index contributed by atoms with van der Waals surface area (Å²) in [5, 5.41) is 0. The van der Waals surface area contributed by atoms with Crippen molar-refractivity contribution >= 4 is 23.3 Å². The fourth-order valence-corrected chi connectivity index (χ4v) is 4.54. The summed E-state index contributed by atoms with van der Waals surface area (Å²) in [6, 6.07) is 15.2. The van der Waals surface area contributed by atoms with E-state index < -0.39 is 5.69 Å². The Morgan fingerprint density at radius 1 is 0.892 bits per heavy atom. The van der Waals surface area contributed by atoms with Gasteiger partial charge < -0.3 is 14.7 Å². The van der Waals surface area contributed by atoms with Gasteiger partial charge in [-0.25, -0.2) is 14.8 Å². The molecule has 0 atom stereocenters. The zero-order chi connectivity index (χ0) is 26.2. The third-order valence-corrected chi connectivity index (χ3v) is 6.39. The Labute approximate surface area is 217 Å². The summed E-state index contributed by atoms with van der Waals surface area (Å²) in [7, 11) is 0. The molecule has 0 bridgehead atoms. The summed E-state index contributed by atoms with van der Waals surface area (Å²) >= 11 is 0. The lowest BCUT2D eigenvalue weighted by molar-refractivity contribution is -0.132. The molecule has 1 aromatic carbocycles. The third kappa shape index (κ3) is 6.81. The van der Waals surface area contributed by atoms with Crippen molar-refractivity contribution in [2.75, 3.05) is 36.0 Å². The Balaban J connectivity index is 1.69. The number of amides is 2. The van der Waals surface area contributed by atoms with Crippen LogP contribution < -0.4 is 15.5 Å². The van der Waals surface area contributed by atoms with Gasteiger partial charge in [0.1, 0.15) is 12.4 Å².